The third-order valence-electron chi connectivity index (χ3n) is 3.55. The van der Waals surface area contributed by atoms with E-state index in [4.69, 9.17) is 0 Å². The van der Waals surface area contributed by atoms with E-state index in [2.05, 4.69) is 60.7 Å². The van der Waals surface area contributed by atoms with E-state index >= 15 is 0 Å². The molecule has 1 fully saturated rings. The summed E-state index contributed by atoms with van der Waals surface area (Å²) in [4.78, 5) is 0. The number of rotatable bonds is 2. The minimum absolute atomic E-state index is 0. The largest absolute Gasteiger partial charge is 0.107 e. The molecule has 89 valence electrons. The van der Waals surface area contributed by atoms with Gasteiger partial charge in [0.15, 0.2) is 0 Å². The predicted molar refractivity (Wildman–Crippen MR) is 81.7 cm³/mol. The molecule has 1 saturated heterocycles. The lowest BCUT2D eigenvalue weighted by atomic mass is 10.0. The van der Waals surface area contributed by atoms with Crippen molar-refractivity contribution in [1.29, 1.82) is 0 Å². The van der Waals surface area contributed by atoms with Crippen molar-refractivity contribution in [2.45, 2.75) is 24.2 Å². The van der Waals surface area contributed by atoms with Crippen LogP contribution in [0.5, 0.6) is 0 Å². The topological polar surface area (TPSA) is 0 Å². The van der Waals surface area contributed by atoms with Crippen LogP contribution in [0, 0.1) is 0 Å². The Morgan fingerprint density at radius 3 is 1.44 bits per heavy atom. The third-order valence-corrected chi connectivity index (χ3v) is 5.60. The quantitative estimate of drug-likeness (QED) is 0.542. The van der Waals surface area contributed by atoms with E-state index in [1.165, 1.54) is 24.0 Å². The molecule has 1 aliphatic heterocycles. The van der Waals surface area contributed by atoms with Crippen molar-refractivity contribution >= 4 is 17.0 Å². The summed E-state index contributed by atoms with van der Waals surface area (Å²) >= 11 is 0. The Balaban J connectivity index is 0.00000120. The van der Waals surface area contributed by atoms with Crippen LogP contribution >= 0.6 is 8.58 Å². The Bertz CT molecular complexity index is 423. The van der Waals surface area contributed by atoms with Crippen molar-refractivity contribution in [3.8, 4) is 0 Å². The van der Waals surface area contributed by atoms with Gasteiger partial charge in [0, 0.05) is 19.7 Å². The van der Waals surface area contributed by atoms with E-state index in [-0.39, 0.29) is 8.41 Å². The van der Waals surface area contributed by atoms with Gasteiger partial charge in [-0.15, -0.1) is 8.58 Å². The maximum absolute atomic E-state index is 2.28. The standard InChI is InChI=1S/C16H17P.B/c1-3-7-13(8-4-1)15-11-12-16(17-15)14-9-5-2-6-10-14;/h1-10,15-17H,11-12H2;/t15-,16-;/m0./s1. The summed E-state index contributed by atoms with van der Waals surface area (Å²) in [5.74, 6) is 0. The molecule has 0 N–H and O–H groups in total. The summed E-state index contributed by atoms with van der Waals surface area (Å²) in [5, 5.41) is 0. The van der Waals surface area contributed by atoms with Crippen molar-refractivity contribution in [3.05, 3.63) is 71.8 Å². The molecule has 0 unspecified atom stereocenters. The first-order valence-electron chi connectivity index (χ1n) is 6.29. The van der Waals surface area contributed by atoms with Crippen molar-refractivity contribution in [1.82, 2.24) is 0 Å². The first-order chi connectivity index (χ1) is 8.43. The van der Waals surface area contributed by atoms with Gasteiger partial charge in [-0.3, -0.25) is 0 Å². The van der Waals surface area contributed by atoms with Crippen LogP contribution in [0.25, 0.3) is 0 Å². The minimum atomic E-state index is 0. The summed E-state index contributed by atoms with van der Waals surface area (Å²) in [7, 11) is 1.05. The summed E-state index contributed by atoms with van der Waals surface area (Å²) < 4.78 is 0. The van der Waals surface area contributed by atoms with Gasteiger partial charge < -0.3 is 0 Å². The molecular weight excluding hydrogens is 234 g/mol. The number of hydrogen-bond acceptors (Lipinski definition) is 0. The second-order valence-electron chi connectivity index (χ2n) is 4.67. The van der Waals surface area contributed by atoms with Gasteiger partial charge in [-0.2, -0.15) is 0 Å². The fourth-order valence-corrected chi connectivity index (χ4v) is 4.56. The molecule has 1 heterocycles. The lowest BCUT2D eigenvalue weighted by Gasteiger charge is -2.12. The maximum Gasteiger partial charge on any atom is 0.00200 e. The van der Waals surface area contributed by atoms with E-state index < -0.39 is 0 Å². The highest BCUT2D eigenvalue weighted by Crippen LogP contribution is 2.57. The highest BCUT2D eigenvalue weighted by atomic mass is 31.1. The lowest BCUT2D eigenvalue weighted by molar-refractivity contribution is 0.765. The molecular formula is C16H17BP. The average Bonchev–Trinajstić information content (AvgIpc) is 2.90. The molecule has 0 amide bonds. The van der Waals surface area contributed by atoms with E-state index in [0.717, 1.165) is 19.9 Å². The van der Waals surface area contributed by atoms with Gasteiger partial charge in [0.05, 0.1) is 0 Å². The molecule has 18 heavy (non-hydrogen) atoms. The zero-order valence-electron chi connectivity index (χ0n) is 10.4. The van der Waals surface area contributed by atoms with Crippen LogP contribution in [0.2, 0.25) is 0 Å². The molecule has 0 nitrogen and oxygen atoms in total. The summed E-state index contributed by atoms with van der Waals surface area (Å²) in [6.07, 6.45) is 2.70. The van der Waals surface area contributed by atoms with E-state index in [9.17, 15) is 0 Å². The van der Waals surface area contributed by atoms with E-state index in [1.54, 1.807) is 0 Å². The Morgan fingerprint density at radius 2 is 1.06 bits per heavy atom. The van der Waals surface area contributed by atoms with Gasteiger partial charge in [0.1, 0.15) is 0 Å². The van der Waals surface area contributed by atoms with Gasteiger partial charge in [0.2, 0.25) is 0 Å². The molecule has 0 saturated carbocycles. The van der Waals surface area contributed by atoms with Gasteiger partial charge >= 0.3 is 0 Å². The monoisotopic (exact) mass is 251 g/mol. The molecule has 0 aromatic heterocycles. The van der Waals surface area contributed by atoms with Crippen LogP contribution in [0.4, 0.5) is 0 Å². The molecule has 3 radical (unpaired) electrons. The van der Waals surface area contributed by atoms with Crippen molar-refractivity contribution < 1.29 is 0 Å². The summed E-state index contributed by atoms with van der Waals surface area (Å²) in [5.41, 5.74) is 4.65. The number of benzene rings is 2. The Kier molecular flexibility index (Phi) is 4.61. The van der Waals surface area contributed by atoms with Crippen LogP contribution in [-0.4, -0.2) is 8.41 Å². The van der Waals surface area contributed by atoms with Crippen molar-refractivity contribution in [3.63, 3.8) is 0 Å². The molecule has 2 aromatic carbocycles. The van der Waals surface area contributed by atoms with Crippen molar-refractivity contribution in [2.75, 3.05) is 0 Å². The third kappa shape index (κ3) is 2.84. The summed E-state index contributed by atoms with van der Waals surface area (Å²) in [6.45, 7) is 0. The normalized spacial score (nSPS) is 22.4. The fourth-order valence-electron chi connectivity index (χ4n) is 2.64. The smallest absolute Gasteiger partial charge is 0.00200 e. The minimum Gasteiger partial charge on any atom is -0.107 e. The Hall–Kier alpha value is -1.07. The van der Waals surface area contributed by atoms with Crippen molar-refractivity contribution in [2.24, 2.45) is 0 Å². The predicted octanol–water partition coefficient (Wildman–Crippen LogP) is 4.56. The summed E-state index contributed by atoms with van der Waals surface area (Å²) in [6, 6.07) is 22.0. The van der Waals surface area contributed by atoms with Gasteiger partial charge in [-0.25, -0.2) is 0 Å². The van der Waals surface area contributed by atoms with Gasteiger partial charge in [0.25, 0.3) is 0 Å². The van der Waals surface area contributed by atoms with Crippen LogP contribution in [0.15, 0.2) is 60.7 Å². The first kappa shape index (κ1) is 13.4. The molecule has 2 aromatic rings. The molecule has 0 spiro atoms. The van der Waals surface area contributed by atoms with Gasteiger partial charge in [-0.1, -0.05) is 60.7 Å². The second-order valence-corrected chi connectivity index (χ2v) is 6.40. The lowest BCUT2D eigenvalue weighted by Crippen LogP contribution is -1.85. The molecule has 2 heteroatoms. The zero-order chi connectivity index (χ0) is 11.5. The van der Waals surface area contributed by atoms with Crippen LogP contribution in [-0.2, 0) is 0 Å². The SMILES string of the molecule is [B].c1ccc([C@@H]2CC[C@@H](c3ccccc3)P2)cc1. The molecule has 3 rings (SSSR count). The number of hydrogen-bond donors (Lipinski definition) is 0. The fraction of sp³-hybridized carbons (Fsp3) is 0.250. The molecule has 0 bridgehead atoms. The highest BCUT2D eigenvalue weighted by Gasteiger charge is 2.26. The van der Waals surface area contributed by atoms with Crippen LogP contribution in [0.3, 0.4) is 0 Å². The zero-order valence-corrected chi connectivity index (χ0v) is 11.4. The van der Waals surface area contributed by atoms with E-state index in [0.29, 0.717) is 0 Å². The molecule has 0 aliphatic carbocycles. The van der Waals surface area contributed by atoms with E-state index in [1.807, 2.05) is 0 Å². The second kappa shape index (κ2) is 6.20. The van der Waals surface area contributed by atoms with Gasteiger partial charge in [-0.05, 0) is 24.0 Å². The first-order valence-corrected chi connectivity index (χ1v) is 7.45. The van der Waals surface area contributed by atoms with Crippen LogP contribution < -0.4 is 0 Å². The molecule has 1 aliphatic rings. The highest BCUT2D eigenvalue weighted by molar-refractivity contribution is 7.39. The van der Waals surface area contributed by atoms with Crippen LogP contribution in [0.1, 0.15) is 35.3 Å². The Morgan fingerprint density at radius 1 is 0.667 bits per heavy atom. The average molecular weight is 251 g/mol. The Labute approximate surface area is 113 Å². The molecule has 2 atom stereocenters. The maximum atomic E-state index is 2.28.